The lowest BCUT2D eigenvalue weighted by Crippen LogP contribution is -2.48. The predicted molar refractivity (Wildman–Crippen MR) is 77.8 cm³/mol. The third-order valence-corrected chi connectivity index (χ3v) is 4.00. The van der Waals surface area contributed by atoms with Gasteiger partial charge in [-0.05, 0) is 42.9 Å². The van der Waals surface area contributed by atoms with Crippen LogP contribution >= 0.6 is 0 Å². The van der Waals surface area contributed by atoms with Gasteiger partial charge in [0.25, 0.3) is 0 Å². The lowest BCUT2D eigenvalue weighted by atomic mass is 9.96. The number of amides is 1. The van der Waals surface area contributed by atoms with E-state index in [9.17, 15) is 15.0 Å². The van der Waals surface area contributed by atoms with Crippen molar-refractivity contribution in [1.82, 2.24) is 4.90 Å². The van der Waals surface area contributed by atoms with Gasteiger partial charge in [0.15, 0.2) is 11.5 Å². The molecule has 0 radical (unpaired) electrons. The molecule has 1 fully saturated rings. The first kappa shape index (κ1) is 15.6. The van der Waals surface area contributed by atoms with Gasteiger partial charge in [0.1, 0.15) is 0 Å². The molecule has 6 nitrogen and oxygen atoms in total. The number of phenols is 2. The molecule has 0 unspecified atom stereocenters. The van der Waals surface area contributed by atoms with Crippen molar-refractivity contribution in [1.29, 1.82) is 0 Å². The Hall–Kier alpha value is -1.79. The number of aliphatic hydroxyl groups excluding tert-OH is 1. The van der Waals surface area contributed by atoms with Crippen LogP contribution in [-0.4, -0.2) is 51.9 Å². The molecule has 1 saturated heterocycles. The number of aromatic hydroxyl groups is 2. The van der Waals surface area contributed by atoms with E-state index in [0.717, 1.165) is 12.8 Å². The molecule has 0 spiro atoms. The standard InChI is InChI=1S/C15H22N2O4/c16-12(7-11-1-2-13(19)14(20)8-11)15(21)17-5-3-10(9-18)4-6-17/h1-2,8,10,12,18-20H,3-7,9,16H2/t12-/m0/s1. The summed E-state index contributed by atoms with van der Waals surface area (Å²) in [5, 5.41) is 27.8. The summed E-state index contributed by atoms with van der Waals surface area (Å²) in [6.45, 7) is 1.41. The molecule has 1 aromatic carbocycles. The first-order valence-corrected chi connectivity index (χ1v) is 7.17. The summed E-state index contributed by atoms with van der Waals surface area (Å²) in [4.78, 5) is 14.0. The van der Waals surface area contributed by atoms with E-state index in [-0.39, 0.29) is 29.9 Å². The number of hydrogen-bond acceptors (Lipinski definition) is 5. The van der Waals surface area contributed by atoms with Crippen LogP contribution in [0.2, 0.25) is 0 Å². The molecule has 1 aliphatic heterocycles. The van der Waals surface area contributed by atoms with Crippen molar-refractivity contribution in [3.05, 3.63) is 23.8 Å². The Kier molecular flexibility index (Phi) is 5.03. The quantitative estimate of drug-likeness (QED) is 0.593. The highest BCUT2D eigenvalue weighted by molar-refractivity contribution is 5.82. The number of nitrogens with two attached hydrogens (primary N) is 1. The predicted octanol–water partition coefficient (Wildman–Crippen LogP) is 0.198. The lowest BCUT2D eigenvalue weighted by Gasteiger charge is -2.32. The summed E-state index contributed by atoms with van der Waals surface area (Å²) in [5.41, 5.74) is 6.66. The van der Waals surface area contributed by atoms with Gasteiger partial charge in [-0.1, -0.05) is 6.07 Å². The Morgan fingerprint density at radius 3 is 2.52 bits per heavy atom. The number of aliphatic hydroxyl groups is 1. The van der Waals surface area contributed by atoms with Crippen molar-refractivity contribution in [2.24, 2.45) is 11.7 Å². The van der Waals surface area contributed by atoms with Crippen molar-refractivity contribution in [2.45, 2.75) is 25.3 Å². The van der Waals surface area contributed by atoms with E-state index < -0.39 is 6.04 Å². The highest BCUT2D eigenvalue weighted by Crippen LogP contribution is 2.25. The maximum atomic E-state index is 12.3. The molecular formula is C15H22N2O4. The molecule has 0 aromatic heterocycles. The fourth-order valence-electron chi connectivity index (χ4n) is 2.61. The Morgan fingerprint density at radius 2 is 1.95 bits per heavy atom. The number of carbonyl (C=O) groups is 1. The van der Waals surface area contributed by atoms with Crippen LogP contribution in [0.5, 0.6) is 11.5 Å². The van der Waals surface area contributed by atoms with Crippen molar-refractivity contribution >= 4 is 5.91 Å². The SMILES string of the molecule is N[C@@H](Cc1ccc(O)c(O)c1)C(=O)N1CCC(CO)CC1. The molecule has 0 aliphatic carbocycles. The van der Waals surface area contributed by atoms with Gasteiger partial charge in [0, 0.05) is 19.7 Å². The highest BCUT2D eigenvalue weighted by Gasteiger charge is 2.26. The van der Waals surface area contributed by atoms with Crippen LogP contribution < -0.4 is 5.73 Å². The molecule has 1 atom stereocenters. The second-order valence-electron chi connectivity index (χ2n) is 5.58. The van der Waals surface area contributed by atoms with E-state index in [2.05, 4.69) is 0 Å². The average molecular weight is 294 g/mol. The van der Waals surface area contributed by atoms with Crippen LogP contribution in [0.15, 0.2) is 18.2 Å². The third kappa shape index (κ3) is 3.86. The lowest BCUT2D eigenvalue weighted by molar-refractivity contribution is -0.134. The van der Waals surface area contributed by atoms with Gasteiger partial charge < -0.3 is 26.0 Å². The molecule has 1 heterocycles. The van der Waals surface area contributed by atoms with Crippen LogP contribution in [0.4, 0.5) is 0 Å². The zero-order valence-electron chi connectivity index (χ0n) is 11.9. The van der Waals surface area contributed by atoms with E-state index >= 15 is 0 Å². The second kappa shape index (κ2) is 6.78. The number of likely N-dealkylation sites (tertiary alicyclic amines) is 1. The van der Waals surface area contributed by atoms with E-state index in [1.807, 2.05) is 0 Å². The average Bonchev–Trinajstić information content (AvgIpc) is 2.50. The third-order valence-electron chi connectivity index (χ3n) is 4.00. The Morgan fingerprint density at radius 1 is 1.29 bits per heavy atom. The number of carbonyl (C=O) groups excluding carboxylic acids is 1. The number of hydrogen-bond donors (Lipinski definition) is 4. The minimum atomic E-state index is -0.667. The minimum Gasteiger partial charge on any atom is -0.504 e. The van der Waals surface area contributed by atoms with Crippen molar-refractivity contribution in [2.75, 3.05) is 19.7 Å². The first-order chi connectivity index (χ1) is 10.0. The first-order valence-electron chi connectivity index (χ1n) is 7.17. The largest absolute Gasteiger partial charge is 0.504 e. The van der Waals surface area contributed by atoms with E-state index in [1.165, 1.54) is 12.1 Å². The summed E-state index contributed by atoms with van der Waals surface area (Å²) in [5.74, 6) is -0.237. The summed E-state index contributed by atoms with van der Waals surface area (Å²) in [7, 11) is 0. The molecule has 0 saturated carbocycles. The summed E-state index contributed by atoms with van der Waals surface area (Å²) >= 11 is 0. The summed E-state index contributed by atoms with van der Waals surface area (Å²) in [6, 6.07) is 3.77. The Balaban J connectivity index is 1.92. The molecule has 5 N–H and O–H groups in total. The van der Waals surface area contributed by atoms with Crippen molar-refractivity contribution in [3.63, 3.8) is 0 Å². The van der Waals surface area contributed by atoms with Crippen LogP contribution in [0.25, 0.3) is 0 Å². The van der Waals surface area contributed by atoms with Gasteiger partial charge in [-0.15, -0.1) is 0 Å². The zero-order chi connectivity index (χ0) is 15.4. The molecule has 21 heavy (non-hydrogen) atoms. The van der Waals surface area contributed by atoms with E-state index in [1.54, 1.807) is 11.0 Å². The molecule has 1 aliphatic rings. The van der Waals surface area contributed by atoms with Crippen molar-refractivity contribution < 1.29 is 20.1 Å². The maximum absolute atomic E-state index is 12.3. The summed E-state index contributed by atoms with van der Waals surface area (Å²) in [6.07, 6.45) is 1.91. The fraction of sp³-hybridized carbons (Fsp3) is 0.533. The van der Waals surface area contributed by atoms with E-state index in [0.29, 0.717) is 25.1 Å². The molecule has 116 valence electrons. The van der Waals surface area contributed by atoms with Gasteiger partial charge >= 0.3 is 0 Å². The van der Waals surface area contributed by atoms with Gasteiger partial charge in [-0.25, -0.2) is 0 Å². The second-order valence-corrected chi connectivity index (χ2v) is 5.58. The fourth-order valence-corrected chi connectivity index (χ4v) is 2.61. The van der Waals surface area contributed by atoms with Gasteiger partial charge in [-0.2, -0.15) is 0 Å². The molecule has 2 rings (SSSR count). The normalized spacial score (nSPS) is 17.7. The Bertz CT molecular complexity index is 498. The van der Waals surface area contributed by atoms with Gasteiger partial charge in [0.2, 0.25) is 5.91 Å². The molecule has 6 heteroatoms. The maximum Gasteiger partial charge on any atom is 0.239 e. The number of piperidine rings is 1. The van der Waals surface area contributed by atoms with Crippen LogP contribution in [-0.2, 0) is 11.2 Å². The van der Waals surface area contributed by atoms with Crippen molar-refractivity contribution in [3.8, 4) is 11.5 Å². The van der Waals surface area contributed by atoms with Crippen LogP contribution in [0.1, 0.15) is 18.4 Å². The van der Waals surface area contributed by atoms with Gasteiger partial charge in [-0.3, -0.25) is 4.79 Å². The Labute approximate surface area is 123 Å². The number of benzene rings is 1. The summed E-state index contributed by atoms with van der Waals surface area (Å²) < 4.78 is 0. The van der Waals surface area contributed by atoms with Gasteiger partial charge in [0.05, 0.1) is 6.04 Å². The van der Waals surface area contributed by atoms with E-state index in [4.69, 9.17) is 10.8 Å². The molecule has 1 aromatic rings. The van der Waals surface area contributed by atoms with Crippen LogP contribution in [0, 0.1) is 5.92 Å². The highest BCUT2D eigenvalue weighted by atomic mass is 16.3. The smallest absolute Gasteiger partial charge is 0.239 e. The van der Waals surface area contributed by atoms with Crippen LogP contribution in [0.3, 0.4) is 0 Å². The molecular weight excluding hydrogens is 272 g/mol. The monoisotopic (exact) mass is 294 g/mol. The topological polar surface area (TPSA) is 107 Å². The number of nitrogens with zero attached hydrogens (tertiary/aromatic N) is 1. The molecule has 1 amide bonds. The number of phenolic OH excluding ortho intramolecular Hbond substituents is 2. The minimum absolute atomic E-state index is 0.112. The molecule has 0 bridgehead atoms. The number of rotatable bonds is 4. The zero-order valence-corrected chi connectivity index (χ0v) is 11.9.